The number of hydrogen-bond acceptors (Lipinski definition) is 5. The first-order valence-corrected chi connectivity index (χ1v) is 6.30. The van der Waals surface area contributed by atoms with E-state index in [0.717, 1.165) is 29.4 Å². The van der Waals surface area contributed by atoms with Gasteiger partial charge in [-0.05, 0) is 41.4 Å². The van der Waals surface area contributed by atoms with Crippen molar-refractivity contribution in [2.75, 3.05) is 6.54 Å². The molecule has 1 fully saturated rings. The van der Waals surface area contributed by atoms with Crippen LogP contribution in [0.3, 0.4) is 0 Å². The van der Waals surface area contributed by atoms with Crippen LogP contribution in [0.2, 0.25) is 0 Å². The minimum atomic E-state index is 0.205. The zero-order valence-electron chi connectivity index (χ0n) is 9.06. The summed E-state index contributed by atoms with van der Waals surface area (Å²) >= 11 is 3.37. The molecule has 0 bridgehead atoms. The summed E-state index contributed by atoms with van der Waals surface area (Å²) in [6.07, 6.45) is 5.66. The fourth-order valence-electron chi connectivity index (χ4n) is 1.92. The number of hydrogen-bond donors (Lipinski definition) is 1. The Morgan fingerprint density at radius 1 is 1.41 bits per heavy atom. The lowest BCUT2D eigenvalue weighted by molar-refractivity contribution is 0.345. The van der Waals surface area contributed by atoms with Crippen LogP contribution in [0.25, 0.3) is 11.4 Å². The minimum absolute atomic E-state index is 0.205. The van der Waals surface area contributed by atoms with Crippen molar-refractivity contribution < 1.29 is 4.52 Å². The molecule has 1 N–H and O–H groups in total. The van der Waals surface area contributed by atoms with E-state index < -0.39 is 0 Å². The van der Waals surface area contributed by atoms with Gasteiger partial charge in [-0.2, -0.15) is 4.98 Å². The van der Waals surface area contributed by atoms with Gasteiger partial charge in [0.05, 0.1) is 6.04 Å². The van der Waals surface area contributed by atoms with Crippen molar-refractivity contribution in [3.63, 3.8) is 0 Å². The van der Waals surface area contributed by atoms with Crippen molar-refractivity contribution in [1.29, 1.82) is 0 Å². The highest BCUT2D eigenvalue weighted by molar-refractivity contribution is 9.10. The van der Waals surface area contributed by atoms with Crippen LogP contribution in [0.5, 0.6) is 0 Å². The smallest absolute Gasteiger partial charge is 0.244 e. The normalized spacial score (nSPS) is 19.7. The molecule has 0 spiro atoms. The fourth-order valence-corrected chi connectivity index (χ4v) is 2.29. The predicted octanol–water partition coefficient (Wildman–Crippen LogP) is 2.32. The van der Waals surface area contributed by atoms with Gasteiger partial charge in [0.2, 0.25) is 11.7 Å². The number of pyridine rings is 1. The van der Waals surface area contributed by atoms with Crippen molar-refractivity contribution >= 4 is 15.9 Å². The molecule has 2 aromatic rings. The molecule has 0 amide bonds. The summed E-state index contributed by atoms with van der Waals surface area (Å²) in [6, 6.07) is 2.13. The topological polar surface area (TPSA) is 63.8 Å². The van der Waals surface area contributed by atoms with Gasteiger partial charge >= 0.3 is 0 Å². The first-order chi connectivity index (χ1) is 8.33. The molecule has 88 valence electrons. The van der Waals surface area contributed by atoms with E-state index in [1.54, 1.807) is 12.4 Å². The van der Waals surface area contributed by atoms with Crippen molar-refractivity contribution in [1.82, 2.24) is 20.4 Å². The molecule has 0 saturated carbocycles. The first kappa shape index (κ1) is 10.9. The second-order valence-electron chi connectivity index (χ2n) is 4.00. The molecule has 1 saturated heterocycles. The molecule has 1 aliphatic rings. The quantitative estimate of drug-likeness (QED) is 0.921. The van der Waals surface area contributed by atoms with Crippen LogP contribution in [0.1, 0.15) is 24.8 Å². The van der Waals surface area contributed by atoms with E-state index >= 15 is 0 Å². The Labute approximate surface area is 107 Å². The van der Waals surface area contributed by atoms with Gasteiger partial charge in [0.15, 0.2) is 0 Å². The van der Waals surface area contributed by atoms with Gasteiger partial charge in [-0.15, -0.1) is 0 Å². The maximum absolute atomic E-state index is 5.28. The summed E-state index contributed by atoms with van der Waals surface area (Å²) in [5, 5.41) is 7.31. The van der Waals surface area contributed by atoms with Gasteiger partial charge < -0.3 is 9.84 Å². The van der Waals surface area contributed by atoms with Crippen LogP contribution in [-0.4, -0.2) is 21.7 Å². The van der Waals surface area contributed by atoms with Crippen molar-refractivity contribution in [3.05, 3.63) is 28.8 Å². The third kappa shape index (κ3) is 2.23. The van der Waals surface area contributed by atoms with Gasteiger partial charge in [-0.1, -0.05) is 5.16 Å². The first-order valence-electron chi connectivity index (χ1n) is 5.51. The highest BCUT2D eigenvalue weighted by atomic mass is 79.9. The lowest BCUT2D eigenvalue weighted by Crippen LogP contribution is -2.12. The molecule has 0 aromatic carbocycles. The van der Waals surface area contributed by atoms with E-state index in [-0.39, 0.29) is 6.04 Å². The van der Waals surface area contributed by atoms with Crippen LogP contribution in [0.15, 0.2) is 27.5 Å². The number of aromatic nitrogens is 3. The maximum Gasteiger partial charge on any atom is 0.244 e. The average molecular weight is 295 g/mol. The van der Waals surface area contributed by atoms with Crippen molar-refractivity contribution in [2.45, 2.75) is 18.9 Å². The Morgan fingerprint density at radius 3 is 3.12 bits per heavy atom. The monoisotopic (exact) mass is 294 g/mol. The molecule has 3 heterocycles. The maximum atomic E-state index is 5.28. The van der Waals surface area contributed by atoms with Crippen LogP contribution in [0.4, 0.5) is 0 Å². The van der Waals surface area contributed by atoms with Crippen LogP contribution < -0.4 is 5.32 Å². The van der Waals surface area contributed by atoms with E-state index in [4.69, 9.17) is 4.52 Å². The van der Waals surface area contributed by atoms with E-state index in [0.29, 0.717) is 11.7 Å². The van der Waals surface area contributed by atoms with Crippen LogP contribution in [-0.2, 0) is 0 Å². The summed E-state index contributed by atoms with van der Waals surface area (Å²) in [5.74, 6) is 1.25. The predicted molar refractivity (Wildman–Crippen MR) is 65.2 cm³/mol. The van der Waals surface area contributed by atoms with Gasteiger partial charge in [0.1, 0.15) is 0 Å². The third-order valence-electron chi connectivity index (χ3n) is 2.76. The highest BCUT2D eigenvalue weighted by Gasteiger charge is 2.22. The number of nitrogens with zero attached hydrogens (tertiary/aromatic N) is 3. The number of halogens is 1. The Balaban J connectivity index is 1.89. The van der Waals surface area contributed by atoms with Crippen LogP contribution in [0, 0.1) is 0 Å². The molecule has 0 unspecified atom stereocenters. The molecule has 1 aliphatic heterocycles. The van der Waals surface area contributed by atoms with Gasteiger partial charge in [0.25, 0.3) is 0 Å². The third-order valence-corrected chi connectivity index (χ3v) is 3.20. The summed E-state index contributed by atoms with van der Waals surface area (Å²) in [7, 11) is 0. The van der Waals surface area contributed by atoms with Gasteiger partial charge in [-0.3, -0.25) is 4.98 Å². The zero-order chi connectivity index (χ0) is 11.7. The molecule has 17 heavy (non-hydrogen) atoms. The summed E-state index contributed by atoms with van der Waals surface area (Å²) in [5.41, 5.74) is 0.854. The lowest BCUT2D eigenvalue weighted by atomic mass is 10.2. The van der Waals surface area contributed by atoms with Crippen molar-refractivity contribution in [3.8, 4) is 11.4 Å². The molecule has 2 aromatic heterocycles. The zero-order valence-corrected chi connectivity index (χ0v) is 10.6. The summed E-state index contributed by atoms with van der Waals surface area (Å²) < 4.78 is 6.18. The van der Waals surface area contributed by atoms with Crippen molar-refractivity contribution in [2.24, 2.45) is 0 Å². The highest BCUT2D eigenvalue weighted by Crippen LogP contribution is 2.24. The molecule has 5 nitrogen and oxygen atoms in total. The molecule has 6 heteroatoms. The average Bonchev–Trinajstić information content (AvgIpc) is 3.00. The Hall–Kier alpha value is -1.27. The largest absolute Gasteiger partial charge is 0.337 e. The molecule has 0 aliphatic carbocycles. The standard InChI is InChI=1S/C11H11BrN4O/c12-8-4-7(5-13-6-8)10-15-11(17-16-10)9-2-1-3-14-9/h4-6,9,14H,1-3H2/t9-/m0/s1. The number of nitrogens with one attached hydrogen (secondary N) is 1. The fraction of sp³-hybridized carbons (Fsp3) is 0.364. The SMILES string of the molecule is Brc1cncc(-c2noc([C@@H]3CCCN3)n2)c1. The summed E-state index contributed by atoms with van der Waals surface area (Å²) in [4.78, 5) is 8.49. The molecule has 0 radical (unpaired) electrons. The Morgan fingerprint density at radius 2 is 2.35 bits per heavy atom. The Bertz CT molecular complexity index is 522. The summed E-state index contributed by atoms with van der Waals surface area (Å²) in [6.45, 7) is 1.01. The van der Waals surface area contributed by atoms with E-state index in [2.05, 4.69) is 36.4 Å². The molecule has 3 rings (SSSR count). The van der Waals surface area contributed by atoms with Crippen LogP contribution >= 0.6 is 15.9 Å². The minimum Gasteiger partial charge on any atom is -0.337 e. The lowest BCUT2D eigenvalue weighted by Gasteiger charge is -2.01. The molecular weight excluding hydrogens is 284 g/mol. The van der Waals surface area contributed by atoms with E-state index in [1.807, 2.05) is 6.07 Å². The van der Waals surface area contributed by atoms with E-state index in [9.17, 15) is 0 Å². The second-order valence-corrected chi connectivity index (χ2v) is 4.91. The van der Waals surface area contributed by atoms with E-state index in [1.165, 1.54) is 0 Å². The molecular formula is C11H11BrN4O. The second kappa shape index (κ2) is 4.54. The van der Waals surface area contributed by atoms with Gasteiger partial charge in [0, 0.05) is 22.4 Å². The molecule has 1 atom stereocenters. The number of rotatable bonds is 2. The van der Waals surface area contributed by atoms with Gasteiger partial charge in [-0.25, -0.2) is 0 Å². The Kier molecular flexibility index (Phi) is 2.90.